The van der Waals surface area contributed by atoms with E-state index in [-0.39, 0.29) is 0 Å². The summed E-state index contributed by atoms with van der Waals surface area (Å²) in [6.07, 6.45) is 1.01. The van der Waals surface area contributed by atoms with E-state index < -0.39 is 0 Å². The summed E-state index contributed by atoms with van der Waals surface area (Å²) in [7, 11) is 0. The average molecular weight is 349 g/mol. The third-order valence-electron chi connectivity index (χ3n) is 4.80. The second kappa shape index (κ2) is 8.37. The molecule has 4 aromatic carbocycles. The molecular formula is C26H23N. The van der Waals surface area contributed by atoms with Crippen LogP contribution in [0.2, 0.25) is 0 Å². The molecule has 0 fully saturated rings. The number of rotatable bonds is 6. The second-order valence-corrected chi connectivity index (χ2v) is 6.68. The van der Waals surface area contributed by atoms with Crippen molar-refractivity contribution in [1.82, 2.24) is 0 Å². The van der Waals surface area contributed by atoms with Crippen molar-refractivity contribution in [3.63, 3.8) is 0 Å². The monoisotopic (exact) mass is 349 g/mol. The lowest BCUT2D eigenvalue weighted by atomic mass is 10.0. The number of hydrogen-bond acceptors (Lipinski definition) is 1. The normalized spacial score (nSPS) is 10.5. The lowest BCUT2D eigenvalue weighted by molar-refractivity contribution is 1.02. The molecule has 0 amide bonds. The predicted octanol–water partition coefficient (Wildman–Crippen LogP) is 6.68. The van der Waals surface area contributed by atoms with E-state index >= 15 is 0 Å². The van der Waals surface area contributed by atoms with Crippen LogP contribution in [-0.4, -0.2) is 6.54 Å². The summed E-state index contributed by atoms with van der Waals surface area (Å²) in [5.74, 6) is 0. The van der Waals surface area contributed by atoms with Crippen LogP contribution >= 0.6 is 0 Å². The van der Waals surface area contributed by atoms with Crippen LogP contribution in [0.3, 0.4) is 0 Å². The summed E-state index contributed by atoms with van der Waals surface area (Å²) in [4.78, 5) is 0. The summed E-state index contributed by atoms with van der Waals surface area (Å²) in [5.41, 5.74) is 7.54. The molecule has 0 unspecified atom stereocenters. The summed E-state index contributed by atoms with van der Waals surface area (Å²) < 4.78 is 0. The molecule has 0 aliphatic heterocycles. The molecule has 0 aromatic heterocycles. The molecule has 0 aliphatic rings. The van der Waals surface area contributed by atoms with Gasteiger partial charge in [0.15, 0.2) is 0 Å². The maximum atomic E-state index is 3.52. The topological polar surface area (TPSA) is 12.0 Å². The molecule has 1 heteroatoms. The fraction of sp³-hybridized carbons (Fsp3) is 0.0769. The molecule has 1 N–H and O–H groups in total. The van der Waals surface area contributed by atoms with E-state index in [9.17, 15) is 0 Å². The van der Waals surface area contributed by atoms with Gasteiger partial charge in [0.1, 0.15) is 0 Å². The fourth-order valence-corrected chi connectivity index (χ4v) is 3.26. The third kappa shape index (κ3) is 4.45. The summed E-state index contributed by atoms with van der Waals surface area (Å²) in [5, 5.41) is 3.52. The van der Waals surface area contributed by atoms with Gasteiger partial charge in [-0.1, -0.05) is 97.1 Å². The Kier molecular flexibility index (Phi) is 5.31. The van der Waals surface area contributed by atoms with Gasteiger partial charge in [0.2, 0.25) is 0 Å². The van der Waals surface area contributed by atoms with Gasteiger partial charge in [-0.25, -0.2) is 0 Å². The molecule has 0 heterocycles. The molecule has 0 atom stereocenters. The zero-order valence-corrected chi connectivity index (χ0v) is 15.3. The Morgan fingerprint density at radius 2 is 0.889 bits per heavy atom. The maximum Gasteiger partial charge on any atom is 0.0340 e. The van der Waals surface area contributed by atoms with Crippen molar-refractivity contribution in [2.75, 3.05) is 11.9 Å². The highest BCUT2D eigenvalue weighted by Crippen LogP contribution is 2.21. The fourth-order valence-electron chi connectivity index (χ4n) is 3.26. The number of benzene rings is 4. The summed E-state index contributed by atoms with van der Waals surface area (Å²) in [6.45, 7) is 0.926. The molecular weight excluding hydrogens is 326 g/mol. The first kappa shape index (κ1) is 17.1. The van der Waals surface area contributed by atoms with Crippen LogP contribution in [0.25, 0.3) is 22.3 Å². The Balaban J connectivity index is 1.32. The molecule has 0 radical (unpaired) electrons. The van der Waals surface area contributed by atoms with Crippen LogP contribution < -0.4 is 5.32 Å². The van der Waals surface area contributed by atoms with Crippen LogP contribution in [0.1, 0.15) is 5.56 Å². The minimum atomic E-state index is 0.926. The SMILES string of the molecule is c1ccc(-c2ccc(CCNc3ccc(-c4ccccc4)cc3)cc2)cc1. The van der Waals surface area contributed by atoms with Crippen molar-refractivity contribution in [2.24, 2.45) is 0 Å². The van der Waals surface area contributed by atoms with Crippen molar-refractivity contribution in [3.8, 4) is 22.3 Å². The van der Waals surface area contributed by atoms with Crippen LogP contribution in [0.5, 0.6) is 0 Å². The molecule has 0 saturated heterocycles. The van der Waals surface area contributed by atoms with E-state index in [0.29, 0.717) is 0 Å². The number of anilines is 1. The van der Waals surface area contributed by atoms with Crippen LogP contribution in [0.4, 0.5) is 5.69 Å². The van der Waals surface area contributed by atoms with E-state index in [4.69, 9.17) is 0 Å². The first-order valence-electron chi connectivity index (χ1n) is 9.42. The molecule has 1 nitrogen and oxygen atoms in total. The highest BCUT2D eigenvalue weighted by Gasteiger charge is 1.99. The molecule has 0 saturated carbocycles. The smallest absolute Gasteiger partial charge is 0.0340 e. The second-order valence-electron chi connectivity index (χ2n) is 6.68. The van der Waals surface area contributed by atoms with E-state index in [1.54, 1.807) is 0 Å². The van der Waals surface area contributed by atoms with Crippen molar-refractivity contribution < 1.29 is 0 Å². The molecule has 4 rings (SSSR count). The Morgan fingerprint density at radius 1 is 0.444 bits per heavy atom. The summed E-state index contributed by atoms with van der Waals surface area (Å²) in [6, 6.07) is 38.5. The van der Waals surface area contributed by atoms with Crippen molar-refractivity contribution >= 4 is 5.69 Å². The summed E-state index contributed by atoms with van der Waals surface area (Å²) >= 11 is 0. The first-order valence-corrected chi connectivity index (χ1v) is 9.42. The lowest BCUT2D eigenvalue weighted by Gasteiger charge is -2.09. The van der Waals surface area contributed by atoms with E-state index in [0.717, 1.165) is 18.7 Å². The van der Waals surface area contributed by atoms with Gasteiger partial charge in [-0.2, -0.15) is 0 Å². The Labute approximate surface area is 161 Å². The van der Waals surface area contributed by atoms with Gasteiger partial charge in [0, 0.05) is 12.2 Å². The third-order valence-corrected chi connectivity index (χ3v) is 4.80. The van der Waals surface area contributed by atoms with Crippen LogP contribution in [0, 0.1) is 0 Å². The maximum absolute atomic E-state index is 3.52. The van der Waals surface area contributed by atoms with Crippen LogP contribution in [-0.2, 0) is 6.42 Å². The van der Waals surface area contributed by atoms with Gasteiger partial charge < -0.3 is 5.32 Å². The van der Waals surface area contributed by atoms with Gasteiger partial charge in [-0.3, -0.25) is 0 Å². The zero-order chi connectivity index (χ0) is 18.3. The molecule has 4 aromatic rings. The average Bonchev–Trinajstić information content (AvgIpc) is 2.76. The van der Waals surface area contributed by atoms with Gasteiger partial charge >= 0.3 is 0 Å². The predicted molar refractivity (Wildman–Crippen MR) is 116 cm³/mol. The standard InChI is InChI=1S/C26H23N/c1-3-7-22(8-4-1)24-13-11-21(12-14-24)19-20-27-26-17-15-25(16-18-26)23-9-5-2-6-10-23/h1-18,27H,19-20H2. The van der Waals surface area contributed by atoms with Crippen LogP contribution in [0.15, 0.2) is 109 Å². The molecule has 0 aliphatic carbocycles. The Morgan fingerprint density at radius 3 is 1.41 bits per heavy atom. The highest BCUT2D eigenvalue weighted by molar-refractivity contribution is 5.66. The molecule has 0 bridgehead atoms. The largest absolute Gasteiger partial charge is 0.385 e. The number of nitrogens with one attached hydrogen (secondary N) is 1. The zero-order valence-electron chi connectivity index (χ0n) is 15.3. The van der Waals surface area contributed by atoms with E-state index in [2.05, 4.69) is 108 Å². The lowest BCUT2D eigenvalue weighted by Crippen LogP contribution is -2.04. The quantitative estimate of drug-likeness (QED) is 0.409. The van der Waals surface area contributed by atoms with E-state index in [1.165, 1.54) is 27.8 Å². The van der Waals surface area contributed by atoms with Crippen molar-refractivity contribution in [3.05, 3.63) is 115 Å². The van der Waals surface area contributed by atoms with Crippen molar-refractivity contribution in [1.29, 1.82) is 0 Å². The molecule has 0 spiro atoms. The van der Waals surface area contributed by atoms with Gasteiger partial charge in [0.25, 0.3) is 0 Å². The minimum absolute atomic E-state index is 0.926. The minimum Gasteiger partial charge on any atom is -0.385 e. The number of hydrogen-bond donors (Lipinski definition) is 1. The van der Waals surface area contributed by atoms with Gasteiger partial charge in [0.05, 0.1) is 0 Å². The van der Waals surface area contributed by atoms with Gasteiger partial charge in [-0.05, 0) is 46.4 Å². The Bertz CT molecular complexity index is 873. The van der Waals surface area contributed by atoms with Crippen molar-refractivity contribution in [2.45, 2.75) is 6.42 Å². The molecule has 132 valence electrons. The van der Waals surface area contributed by atoms with Gasteiger partial charge in [-0.15, -0.1) is 0 Å². The molecule has 27 heavy (non-hydrogen) atoms. The first-order chi connectivity index (χ1) is 13.4. The Hall–Kier alpha value is -3.32. The highest BCUT2D eigenvalue weighted by atomic mass is 14.9. The van der Waals surface area contributed by atoms with E-state index in [1.807, 2.05) is 6.07 Å².